The smallest absolute Gasteiger partial charge is 0.0720 e. The number of hydrogen-bond acceptors (Lipinski definition) is 2. The van der Waals surface area contributed by atoms with Gasteiger partial charge in [0.1, 0.15) is 0 Å². The van der Waals surface area contributed by atoms with E-state index in [4.69, 9.17) is 4.74 Å². The van der Waals surface area contributed by atoms with Crippen LogP contribution in [-0.2, 0) is 17.8 Å². The quantitative estimate of drug-likeness (QED) is 0.264. The SMILES string of the molecule is CCCCCCC[C@H](C[C@H](O)C/C=C/Cc1ccccc1)OCc1ccccc1. The van der Waals surface area contributed by atoms with Crippen LogP contribution in [0.3, 0.4) is 0 Å². The average Bonchev–Trinajstić information content (AvgIpc) is 2.76. The number of hydrogen-bond donors (Lipinski definition) is 1. The summed E-state index contributed by atoms with van der Waals surface area (Å²) in [6, 6.07) is 20.7. The molecule has 0 aliphatic heterocycles. The fourth-order valence-corrected chi connectivity index (χ4v) is 3.52. The number of benzene rings is 2. The van der Waals surface area contributed by atoms with Crippen LogP contribution in [0.1, 0.15) is 69.4 Å². The Bertz CT molecular complexity index is 651. The van der Waals surface area contributed by atoms with E-state index in [2.05, 4.69) is 55.5 Å². The summed E-state index contributed by atoms with van der Waals surface area (Å²) in [5.41, 5.74) is 2.50. The third-order valence-corrected chi connectivity index (χ3v) is 5.26. The van der Waals surface area contributed by atoms with Gasteiger partial charge in [0.15, 0.2) is 0 Å². The number of allylic oxidation sites excluding steroid dienone is 1. The Morgan fingerprint density at radius 1 is 0.828 bits per heavy atom. The van der Waals surface area contributed by atoms with Crippen molar-refractivity contribution in [2.24, 2.45) is 0 Å². The fourth-order valence-electron chi connectivity index (χ4n) is 3.52. The lowest BCUT2D eigenvalue weighted by molar-refractivity contribution is -0.00122. The Kier molecular flexibility index (Phi) is 12.1. The molecule has 0 aromatic heterocycles. The van der Waals surface area contributed by atoms with Crippen molar-refractivity contribution in [3.8, 4) is 0 Å². The summed E-state index contributed by atoms with van der Waals surface area (Å²) in [4.78, 5) is 0. The largest absolute Gasteiger partial charge is 0.393 e. The van der Waals surface area contributed by atoms with Crippen molar-refractivity contribution in [3.05, 3.63) is 83.9 Å². The summed E-state index contributed by atoms with van der Waals surface area (Å²) < 4.78 is 6.20. The van der Waals surface area contributed by atoms with Gasteiger partial charge in [0.2, 0.25) is 0 Å². The standard InChI is InChI=1S/C27H38O2/c1-2-3-4-5-12-21-27(29-23-25-18-10-7-11-19-25)22-26(28)20-14-13-17-24-15-8-6-9-16-24/h6-11,13-16,18-19,26-28H,2-5,12,17,20-23H2,1H3/b14-13+/t26-,27-/m1/s1. The van der Waals surface area contributed by atoms with Crippen LogP contribution in [0.2, 0.25) is 0 Å². The molecule has 2 aromatic carbocycles. The Balaban J connectivity index is 1.75. The van der Waals surface area contributed by atoms with Crippen LogP contribution in [-0.4, -0.2) is 17.3 Å². The minimum absolute atomic E-state index is 0.120. The molecule has 0 aliphatic carbocycles. The molecule has 0 aliphatic rings. The van der Waals surface area contributed by atoms with Gasteiger partial charge in [0, 0.05) is 0 Å². The van der Waals surface area contributed by atoms with Gasteiger partial charge in [-0.1, -0.05) is 112 Å². The van der Waals surface area contributed by atoms with Crippen molar-refractivity contribution < 1.29 is 9.84 Å². The molecule has 0 bridgehead atoms. The van der Waals surface area contributed by atoms with Gasteiger partial charge in [-0.05, 0) is 36.8 Å². The van der Waals surface area contributed by atoms with Crippen molar-refractivity contribution in [1.82, 2.24) is 0 Å². The maximum Gasteiger partial charge on any atom is 0.0720 e. The topological polar surface area (TPSA) is 29.5 Å². The maximum atomic E-state index is 10.5. The Morgan fingerprint density at radius 2 is 1.48 bits per heavy atom. The minimum Gasteiger partial charge on any atom is -0.393 e. The number of rotatable bonds is 15. The van der Waals surface area contributed by atoms with Crippen LogP contribution in [0.25, 0.3) is 0 Å². The normalized spacial score (nSPS) is 13.6. The molecular formula is C27H38O2. The highest BCUT2D eigenvalue weighted by Crippen LogP contribution is 2.17. The van der Waals surface area contributed by atoms with Crippen LogP contribution in [0.15, 0.2) is 72.8 Å². The van der Waals surface area contributed by atoms with E-state index in [0.717, 1.165) is 12.8 Å². The highest BCUT2D eigenvalue weighted by atomic mass is 16.5. The van der Waals surface area contributed by atoms with Crippen molar-refractivity contribution in [3.63, 3.8) is 0 Å². The third kappa shape index (κ3) is 11.0. The first kappa shape index (κ1) is 23.4. The summed E-state index contributed by atoms with van der Waals surface area (Å²) in [5, 5.41) is 10.5. The fraction of sp³-hybridized carbons (Fsp3) is 0.481. The predicted octanol–water partition coefficient (Wildman–Crippen LogP) is 6.87. The van der Waals surface area contributed by atoms with Crippen LogP contribution in [0.4, 0.5) is 0 Å². The van der Waals surface area contributed by atoms with E-state index in [0.29, 0.717) is 19.4 Å². The molecule has 158 valence electrons. The molecular weight excluding hydrogens is 356 g/mol. The summed E-state index contributed by atoms with van der Waals surface area (Å²) in [7, 11) is 0. The minimum atomic E-state index is -0.349. The molecule has 0 amide bonds. The molecule has 2 heteroatoms. The molecule has 0 unspecified atom stereocenters. The van der Waals surface area contributed by atoms with Crippen molar-refractivity contribution in [2.75, 3.05) is 0 Å². The first-order chi connectivity index (χ1) is 14.3. The molecule has 0 spiro atoms. The van der Waals surface area contributed by atoms with Crippen LogP contribution < -0.4 is 0 Å². The lowest BCUT2D eigenvalue weighted by atomic mass is 10.0. The van der Waals surface area contributed by atoms with E-state index >= 15 is 0 Å². The highest BCUT2D eigenvalue weighted by Gasteiger charge is 2.14. The zero-order chi connectivity index (χ0) is 20.6. The predicted molar refractivity (Wildman–Crippen MR) is 123 cm³/mol. The summed E-state index contributed by atoms with van der Waals surface area (Å²) >= 11 is 0. The van der Waals surface area contributed by atoms with E-state index in [1.54, 1.807) is 0 Å². The van der Waals surface area contributed by atoms with Gasteiger partial charge >= 0.3 is 0 Å². The lowest BCUT2D eigenvalue weighted by Crippen LogP contribution is -2.21. The zero-order valence-corrected chi connectivity index (χ0v) is 18.0. The van der Waals surface area contributed by atoms with Gasteiger partial charge in [-0.25, -0.2) is 0 Å². The Labute approximate surface area is 177 Å². The Morgan fingerprint density at radius 3 is 2.17 bits per heavy atom. The molecule has 0 heterocycles. The van der Waals surface area contributed by atoms with E-state index in [1.165, 1.54) is 43.2 Å². The Hall–Kier alpha value is -1.90. The molecule has 0 radical (unpaired) electrons. The second-order valence-corrected chi connectivity index (χ2v) is 7.91. The van der Waals surface area contributed by atoms with E-state index < -0.39 is 0 Å². The molecule has 2 atom stereocenters. The van der Waals surface area contributed by atoms with Crippen LogP contribution in [0.5, 0.6) is 0 Å². The van der Waals surface area contributed by atoms with Gasteiger partial charge in [-0.3, -0.25) is 0 Å². The van der Waals surface area contributed by atoms with Crippen molar-refractivity contribution in [1.29, 1.82) is 0 Å². The number of aliphatic hydroxyl groups is 1. The molecule has 2 nitrogen and oxygen atoms in total. The van der Waals surface area contributed by atoms with Gasteiger partial charge in [-0.15, -0.1) is 0 Å². The first-order valence-corrected chi connectivity index (χ1v) is 11.3. The van der Waals surface area contributed by atoms with Crippen molar-refractivity contribution >= 4 is 0 Å². The summed E-state index contributed by atoms with van der Waals surface area (Å²) in [6.07, 6.45) is 13.7. The van der Waals surface area contributed by atoms with Gasteiger partial charge < -0.3 is 9.84 Å². The van der Waals surface area contributed by atoms with E-state index in [1.807, 2.05) is 24.3 Å². The zero-order valence-electron chi connectivity index (χ0n) is 18.0. The van der Waals surface area contributed by atoms with Crippen molar-refractivity contribution in [2.45, 2.75) is 83.5 Å². The van der Waals surface area contributed by atoms with Gasteiger partial charge in [0.25, 0.3) is 0 Å². The number of ether oxygens (including phenoxy) is 1. The van der Waals surface area contributed by atoms with Crippen LogP contribution >= 0.6 is 0 Å². The first-order valence-electron chi connectivity index (χ1n) is 11.3. The van der Waals surface area contributed by atoms with E-state index in [-0.39, 0.29) is 12.2 Å². The molecule has 0 saturated carbocycles. The summed E-state index contributed by atoms with van der Waals surface area (Å²) in [5.74, 6) is 0. The molecule has 1 N–H and O–H groups in total. The molecule has 0 fully saturated rings. The molecule has 2 rings (SSSR count). The lowest BCUT2D eigenvalue weighted by Gasteiger charge is -2.21. The maximum absolute atomic E-state index is 10.5. The van der Waals surface area contributed by atoms with Gasteiger partial charge in [0.05, 0.1) is 18.8 Å². The third-order valence-electron chi connectivity index (χ3n) is 5.26. The molecule has 0 saturated heterocycles. The van der Waals surface area contributed by atoms with Crippen LogP contribution in [0, 0.1) is 0 Å². The summed E-state index contributed by atoms with van der Waals surface area (Å²) in [6.45, 7) is 2.87. The second kappa shape index (κ2) is 15.0. The molecule has 29 heavy (non-hydrogen) atoms. The number of aliphatic hydroxyl groups excluding tert-OH is 1. The second-order valence-electron chi connectivity index (χ2n) is 7.91. The average molecular weight is 395 g/mol. The number of unbranched alkanes of at least 4 members (excludes halogenated alkanes) is 4. The highest BCUT2D eigenvalue weighted by molar-refractivity contribution is 5.17. The molecule has 2 aromatic rings. The van der Waals surface area contributed by atoms with E-state index in [9.17, 15) is 5.11 Å². The monoisotopic (exact) mass is 394 g/mol. The van der Waals surface area contributed by atoms with Gasteiger partial charge in [-0.2, -0.15) is 0 Å².